The number of hydrogen-bond acceptors (Lipinski definition) is 2. The standard InChI is InChI=1S/C33H37N4P/c1-24-23-34-37(31(24)38(32(2,3)4)33(5,6)7)30-28(25-17-11-8-12-18-25)35-36(27-21-15-10-16-22-27)29(30)26-19-13-9-14-20-26/h8-23H,1-7H3. The van der Waals surface area contributed by atoms with Gasteiger partial charge < -0.3 is 0 Å². The van der Waals surface area contributed by atoms with E-state index in [0.717, 1.165) is 33.9 Å². The summed E-state index contributed by atoms with van der Waals surface area (Å²) in [5, 5.41) is 10.6. The Morgan fingerprint density at radius 1 is 0.632 bits per heavy atom. The van der Waals surface area contributed by atoms with E-state index in [9.17, 15) is 0 Å². The van der Waals surface area contributed by atoms with Gasteiger partial charge in [-0.05, 0) is 42.9 Å². The van der Waals surface area contributed by atoms with Gasteiger partial charge in [-0.2, -0.15) is 10.2 Å². The monoisotopic (exact) mass is 520 g/mol. The van der Waals surface area contributed by atoms with E-state index in [2.05, 4.69) is 143 Å². The summed E-state index contributed by atoms with van der Waals surface area (Å²) in [6.45, 7) is 16.4. The second-order valence-corrected chi connectivity index (χ2v) is 15.5. The summed E-state index contributed by atoms with van der Waals surface area (Å²) >= 11 is 0. The molecular weight excluding hydrogens is 483 g/mol. The second-order valence-electron chi connectivity index (χ2n) is 11.8. The number of nitrogens with zero attached hydrogens (tertiary/aromatic N) is 4. The molecular formula is C33H37N4P. The minimum Gasteiger partial charge on any atom is -0.230 e. The predicted molar refractivity (Wildman–Crippen MR) is 162 cm³/mol. The highest BCUT2D eigenvalue weighted by Crippen LogP contribution is 2.59. The first-order valence-corrected chi connectivity index (χ1v) is 14.6. The molecule has 0 spiro atoms. The van der Waals surface area contributed by atoms with Crippen LogP contribution in [0.4, 0.5) is 0 Å². The van der Waals surface area contributed by atoms with E-state index in [4.69, 9.17) is 10.2 Å². The van der Waals surface area contributed by atoms with E-state index in [0.29, 0.717) is 0 Å². The Balaban J connectivity index is 1.93. The molecule has 0 saturated carbocycles. The van der Waals surface area contributed by atoms with Crippen molar-refractivity contribution < 1.29 is 0 Å². The summed E-state index contributed by atoms with van der Waals surface area (Å²) in [5.74, 6) is 0. The van der Waals surface area contributed by atoms with E-state index in [1.54, 1.807) is 0 Å². The molecule has 2 heterocycles. The van der Waals surface area contributed by atoms with Crippen LogP contribution in [0.5, 0.6) is 0 Å². The zero-order valence-corrected chi connectivity index (χ0v) is 24.4. The second kappa shape index (κ2) is 10.0. The Hall–Kier alpha value is -3.49. The molecule has 4 nitrogen and oxygen atoms in total. The molecule has 5 aromatic rings. The van der Waals surface area contributed by atoms with E-state index < -0.39 is 7.92 Å². The van der Waals surface area contributed by atoms with E-state index in [1.807, 2.05) is 12.3 Å². The zero-order valence-electron chi connectivity index (χ0n) is 23.5. The first-order valence-electron chi connectivity index (χ1n) is 13.2. The number of hydrogen-bond donors (Lipinski definition) is 0. The maximum atomic E-state index is 5.30. The number of aromatic nitrogens is 4. The molecule has 38 heavy (non-hydrogen) atoms. The largest absolute Gasteiger partial charge is 0.230 e. The van der Waals surface area contributed by atoms with Crippen molar-refractivity contribution in [1.82, 2.24) is 19.6 Å². The van der Waals surface area contributed by atoms with Crippen molar-refractivity contribution in [3.8, 4) is 33.9 Å². The normalized spacial score (nSPS) is 12.3. The third-order valence-electron chi connectivity index (χ3n) is 6.64. The number of rotatable bonds is 5. The van der Waals surface area contributed by atoms with E-state index in [-0.39, 0.29) is 10.3 Å². The van der Waals surface area contributed by atoms with Crippen LogP contribution < -0.4 is 5.44 Å². The van der Waals surface area contributed by atoms with E-state index >= 15 is 0 Å². The lowest BCUT2D eigenvalue weighted by Gasteiger charge is -2.42. The van der Waals surface area contributed by atoms with Gasteiger partial charge in [0.25, 0.3) is 0 Å². The maximum absolute atomic E-state index is 5.30. The van der Waals surface area contributed by atoms with Crippen LogP contribution in [0.2, 0.25) is 0 Å². The van der Waals surface area contributed by atoms with Gasteiger partial charge in [0.15, 0.2) is 0 Å². The summed E-state index contributed by atoms with van der Waals surface area (Å²) in [6.07, 6.45) is 2.03. The van der Waals surface area contributed by atoms with Gasteiger partial charge in [0.2, 0.25) is 0 Å². The highest BCUT2D eigenvalue weighted by atomic mass is 31.1. The van der Waals surface area contributed by atoms with Gasteiger partial charge in [-0.3, -0.25) is 0 Å². The van der Waals surface area contributed by atoms with Crippen molar-refractivity contribution in [3.05, 3.63) is 103 Å². The van der Waals surface area contributed by atoms with Crippen LogP contribution in [0.1, 0.15) is 47.1 Å². The fraction of sp³-hybridized carbons (Fsp3) is 0.273. The fourth-order valence-corrected chi connectivity index (χ4v) is 9.55. The van der Waals surface area contributed by atoms with Crippen LogP contribution in [0, 0.1) is 6.92 Å². The number of aryl methyl sites for hydroxylation is 1. The zero-order chi connectivity index (χ0) is 27.1. The minimum absolute atomic E-state index is 0.0887. The maximum Gasteiger partial charge on any atom is 0.120 e. The molecule has 3 aromatic carbocycles. The highest BCUT2D eigenvalue weighted by molar-refractivity contribution is 7.68. The average molecular weight is 521 g/mol. The van der Waals surface area contributed by atoms with Crippen molar-refractivity contribution >= 4 is 13.4 Å². The molecule has 0 aliphatic carbocycles. The molecule has 2 aromatic heterocycles. The quantitative estimate of drug-likeness (QED) is 0.218. The Kier molecular flexibility index (Phi) is 6.88. The van der Waals surface area contributed by atoms with Crippen LogP contribution >= 0.6 is 7.92 Å². The minimum atomic E-state index is -0.610. The van der Waals surface area contributed by atoms with Gasteiger partial charge >= 0.3 is 0 Å². The lowest BCUT2D eigenvalue weighted by atomic mass is 10.1. The van der Waals surface area contributed by atoms with Gasteiger partial charge in [0.05, 0.1) is 17.3 Å². The van der Waals surface area contributed by atoms with Crippen molar-refractivity contribution in [2.75, 3.05) is 0 Å². The molecule has 0 aliphatic heterocycles. The van der Waals surface area contributed by atoms with E-state index in [1.165, 1.54) is 11.0 Å². The van der Waals surface area contributed by atoms with Crippen LogP contribution in [-0.2, 0) is 0 Å². The topological polar surface area (TPSA) is 35.6 Å². The van der Waals surface area contributed by atoms with Gasteiger partial charge in [-0.1, -0.05) is 120 Å². The summed E-state index contributed by atoms with van der Waals surface area (Å²) < 4.78 is 4.30. The molecule has 0 N–H and O–H groups in total. The number of para-hydroxylation sites is 1. The fourth-order valence-electron chi connectivity index (χ4n) is 5.51. The molecule has 0 unspecified atom stereocenters. The Morgan fingerprint density at radius 2 is 1.13 bits per heavy atom. The summed E-state index contributed by atoms with van der Waals surface area (Å²) in [4.78, 5) is 0. The summed E-state index contributed by atoms with van der Waals surface area (Å²) in [6, 6.07) is 31.5. The average Bonchev–Trinajstić information content (AvgIpc) is 3.45. The predicted octanol–water partition coefficient (Wildman–Crippen LogP) is 8.40. The van der Waals surface area contributed by atoms with Gasteiger partial charge in [0.1, 0.15) is 17.1 Å². The smallest absolute Gasteiger partial charge is 0.120 e. The summed E-state index contributed by atoms with van der Waals surface area (Å²) in [5.41, 5.74) is 8.73. The first kappa shape index (κ1) is 26.1. The highest BCUT2D eigenvalue weighted by Gasteiger charge is 2.40. The molecule has 0 saturated heterocycles. The molecule has 0 fully saturated rings. The van der Waals surface area contributed by atoms with Gasteiger partial charge in [-0.15, -0.1) is 0 Å². The molecule has 0 aliphatic rings. The molecule has 0 bridgehead atoms. The molecule has 0 radical (unpaired) electrons. The van der Waals surface area contributed by atoms with Crippen molar-refractivity contribution in [2.45, 2.75) is 58.8 Å². The van der Waals surface area contributed by atoms with Gasteiger partial charge in [-0.25, -0.2) is 9.36 Å². The van der Waals surface area contributed by atoms with Crippen molar-refractivity contribution in [1.29, 1.82) is 0 Å². The SMILES string of the molecule is Cc1cnn(-c2c(-c3ccccc3)nn(-c3ccccc3)c2-c2ccccc2)c1P(C(C)(C)C)C(C)(C)C. The van der Waals surface area contributed by atoms with Crippen LogP contribution in [-0.4, -0.2) is 29.9 Å². The van der Waals surface area contributed by atoms with Crippen LogP contribution in [0.25, 0.3) is 33.9 Å². The lowest BCUT2D eigenvalue weighted by Crippen LogP contribution is -2.35. The molecule has 5 rings (SSSR count). The number of benzene rings is 3. The molecule has 0 amide bonds. The molecule has 5 heteroatoms. The Bertz CT molecular complexity index is 1510. The third kappa shape index (κ3) is 4.86. The van der Waals surface area contributed by atoms with Crippen LogP contribution in [0.15, 0.2) is 97.2 Å². The molecule has 194 valence electrons. The molecule has 0 atom stereocenters. The van der Waals surface area contributed by atoms with Crippen molar-refractivity contribution in [3.63, 3.8) is 0 Å². The van der Waals surface area contributed by atoms with Crippen LogP contribution in [0.3, 0.4) is 0 Å². The Labute approximate surface area is 228 Å². The lowest BCUT2D eigenvalue weighted by molar-refractivity contribution is 0.710. The summed E-state index contributed by atoms with van der Waals surface area (Å²) in [7, 11) is -0.610. The first-order chi connectivity index (χ1) is 18.1. The third-order valence-corrected chi connectivity index (χ3v) is 10.3. The Morgan fingerprint density at radius 3 is 1.66 bits per heavy atom. The van der Waals surface area contributed by atoms with Gasteiger partial charge in [0, 0.05) is 11.1 Å². The van der Waals surface area contributed by atoms with Crippen molar-refractivity contribution in [2.24, 2.45) is 0 Å².